The second-order valence-electron chi connectivity index (χ2n) is 4.59. The van der Waals surface area contributed by atoms with E-state index in [0.29, 0.717) is 6.42 Å². The Kier molecular flexibility index (Phi) is 7.85. The number of thioether (sulfide) groups is 1. The highest BCUT2D eigenvalue weighted by molar-refractivity contribution is 7.99. The van der Waals surface area contributed by atoms with E-state index in [1.807, 2.05) is 25.6 Å². The Labute approximate surface area is 103 Å². The molecule has 0 amide bonds. The second-order valence-corrected chi connectivity index (χ2v) is 5.98. The smallest absolute Gasteiger partial charge is 0.323 e. The maximum Gasteiger partial charge on any atom is 0.323 e. The van der Waals surface area contributed by atoms with E-state index in [0.717, 1.165) is 24.3 Å². The maximum atomic E-state index is 11.2. The summed E-state index contributed by atoms with van der Waals surface area (Å²) in [6.45, 7) is 7.89. The van der Waals surface area contributed by atoms with Crippen LogP contribution in [-0.4, -0.2) is 34.2 Å². The topological polar surface area (TPSA) is 49.3 Å². The van der Waals surface area contributed by atoms with Crippen LogP contribution in [-0.2, 0) is 4.79 Å². The lowest BCUT2D eigenvalue weighted by molar-refractivity contribution is -0.144. The molecule has 0 rings (SSSR count). The summed E-state index contributed by atoms with van der Waals surface area (Å²) in [7, 11) is 0. The van der Waals surface area contributed by atoms with Crippen LogP contribution in [0.3, 0.4) is 0 Å². The van der Waals surface area contributed by atoms with Crippen LogP contribution in [0.25, 0.3) is 0 Å². The van der Waals surface area contributed by atoms with Crippen LogP contribution in [0.15, 0.2) is 0 Å². The summed E-state index contributed by atoms with van der Waals surface area (Å²) >= 11 is 1.91. The lowest BCUT2D eigenvalue weighted by Crippen LogP contribution is -2.52. The number of rotatable bonds is 9. The average Bonchev–Trinajstić information content (AvgIpc) is 2.16. The predicted molar refractivity (Wildman–Crippen MR) is 71.2 cm³/mol. The highest BCUT2D eigenvalue weighted by atomic mass is 32.2. The van der Waals surface area contributed by atoms with Crippen molar-refractivity contribution in [3.05, 3.63) is 0 Å². The third kappa shape index (κ3) is 6.38. The zero-order chi connectivity index (χ0) is 12.6. The Bertz CT molecular complexity index is 209. The summed E-state index contributed by atoms with van der Waals surface area (Å²) in [5.41, 5.74) is -0.773. The van der Waals surface area contributed by atoms with Crippen LogP contribution >= 0.6 is 11.8 Å². The summed E-state index contributed by atoms with van der Waals surface area (Å²) < 4.78 is 0. The molecule has 0 spiro atoms. The van der Waals surface area contributed by atoms with Gasteiger partial charge in [-0.25, -0.2) is 0 Å². The van der Waals surface area contributed by atoms with Gasteiger partial charge in [-0.15, -0.1) is 0 Å². The van der Waals surface area contributed by atoms with E-state index in [2.05, 4.69) is 12.2 Å². The molecular formula is C12H25NO2S. The van der Waals surface area contributed by atoms with E-state index in [9.17, 15) is 9.90 Å². The third-order valence-electron chi connectivity index (χ3n) is 2.50. The lowest BCUT2D eigenvalue weighted by Gasteiger charge is -2.28. The van der Waals surface area contributed by atoms with E-state index in [1.165, 1.54) is 0 Å². The molecule has 0 fully saturated rings. The average molecular weight is 247 g/mol. The molecule has 0 aromatic carbocycles. The molecule has 1 atom stereocenters. The number of carboxylic acid groups (broad SMARTS) is 1. The number of carboxylic acids is 1. The summed E-state index contributed by atoms with van der Waals surface area (Å²) in [6, 6.07) is 0.200. The fourth-order valence-corrected chi connectivity index (χ4v) is 2.40. The van der Waals surface area contributed by atoms with Crippen molar-refractivity contribution < 1.29 is 9.90 Å². The molecule has 0 heterocycles. The van der Waals surface area contributed by atoms with Gasteiger partial charge in [0.15, 0.2) is 0 Å². The Morgan fingerprint density at radius 3 is 2.50 bits per heavy atom. The minimum atomic E-state index is -0.773. The summed E-state index contributed by atoms with van der Waals surface area (Å²) in [4.78, 5) is 11.2. The van der Waals surface area contributed by atoms with Gasteiger partial charge in [0.1, 0.15) is 5.54 Å². The number of nitrogens with one attached hydrogen (secondary N) is 1. The van der Waals surface area contributed by atoms with Crippen molar-refractivity contribution >= 4 is 17.7 Å². The van der Waals surface area contributed by atoms with Crippen LogP contribution in [0.2, 0.25) is 0 Å². The molecule has 2 N–H and O–H groups in total. The molecule has 0 aliphatic heterocycles. The summed E-state index contributed by atoms with van der Waals surface area (Å²) in [6.07, 6.45) is 2.77. The van der Waals surface area contributed by atoms with Crippen LogP contribution in [0.1, 0.15) is 47.0 Å². The third-order valence-corrected chi connectivity index (χ3v) is 3.48. The minimum Gasteiger partial charge on any atom is -0.480 e. The van der Waals surface area contributed by atoms with Gasteiger partial charge < -0.3 is 5.11 Å². The SMILES string of the molecule is CCSCCCCC(C)(NC(C)C)C(=O)O. The molecule has 0 aromatic rings. The van der Waals surface area contributed by atoms with Crippen molar-refractivity contribution in [1.82, 2.24) is 5.32 Å². The predicted octanol–water partition coefficient (Wildman–Crippen LogP) is 2.75. The van der Waals surface area contributed by atoms with E-state index in [4.69, 9.17) is 0 Å². The van der Waals surface area contributed by atoms with Gasteiger partial charge in [0.2, 0.25) is 0 Å². The highest BCUT2D eigenvalue weighted by Crippen LogP contribution is 2.16. The van der Waals surface area contributed by atoms with E-state index < -0.39 is 11.5 Å². The molecule has 0 aliphatic carbocycles. The first kappa shape index (κ1) is 15.8. The molecule has 0 aromatic heterocycles. The van der Waals surface area contributed by atoms with Crippen LogP contribution in [0.4, 0.5) is 0 Å². The van der Waals surface area contributed by atoms with Crippen molar-refractivity contribution in [2.75, 3.05) is 11.5 Å². The van der Waals surface area contributed by atoms with Gasteiger partial charge >= 0.3 is 5.97 Å². The number of aliphatic carboxylic acids is 1. The molecule has 0 aliphatic rings. The molecule has 16 heavy (non-hydrogen) atoms. The number of hydrogen-bond acceptors (Lipinski definition) is 3. The van der Waals surface area contributed by atoms with Gasteiger partial charge in [0.05, 0.1) is 0 Å². The van der Waals surface area contributed by atoms with Crippen LogP contribution < -0.4 is 5.32 Å². The quantitative estimate of drug-likeness (QED) is 0.615. The molecule has 0 bridgehead atoms. The molecule has 1 unspecified atom stereocenters. The molecular weight excluding hydrogens is 222 g/mol. The zero-order valence-corrected chi connectivity index (χ0v) is 11.7. The maximum absolute atomic E-state index is 11.2. The van der Waals surface area contributed by atoms with Crippen molar-refractivity contribution in [2.45, 2.75) is 58.5 Å². The Morgan fingerprint density at radius 2 is 2.06 bits per heavy atom. The fourth-order valence-electron chi connectivity index (χ4n) is 1.70. The zero-order valence-electron chi connectivity index (χ0n) is 10.9. The van der Waals surface area contributed by atoms with Crippen molar-refractivity contribution in [2.24, 2.45) is 0 Å². The number of hydrogen-bond donors (Lipinski definition) is 2. The van der Waals surface area contributed by atoms with Gasteiger partial charge in [0, 0.05) is 6.04 Å². The Hall–Kier alpha value is -0.220. The molecule has 0 radical (unpaired) electrons. The van der Waals surface area contributed by atoms with Gasteiger partial charge in [0.25, 0.3) is 0 Å². The van der Waals surface area contributed by atoms with E-state index in [-0.39, 0.29) is 6.04 Å². The van der Waals surface area contributed by atoms with Crippen molar-refractivity contribution in [3.63, 3.8) is 0 Å². The standard InChI is InChI=1S/C12H25NO2S/c1-5-16-9-7-6-8-12(4,11(14)15)13-10(2)3/h10,13H,5-9H2,1-4H3,(H,14,15). The van der Waals surface area contributed by atoms with Gasteiger partial charge in [-0.1, -0.05) is 13.3 Å². The monoisotopic (exact) mass is 247 g/mol. The van der Waals surface area contributed by atoms with Gasteiger partial charge in [-0.05, 0) is 45.1 Å². The van der Waals surface area contributed by atoms with E-state index >= 15 is 0 Å². The number of carbonyl (C=O) groups is 1. The van der Waals surface area contributed by atoms with E-state index in [1.54, 1.807) is 6.92 Å². The largest absolute Gasteiger partial charge is 0.480 e. The highest BCUT2D eigenvalue weighted by Gasteiger charge is 2.32. The second kappa shape index (κ2) is 7.96. The lowest BCUT2D eigenvalue weighted by atomic mass is 9.94. The summed E-state index contributed by atoms with van der Waals surface area (Å²) in [5, 5.41) is 12.4. The first-order chi connectivity index (χ1) is 7.42. The van der Waals surface area contributed by atoms with Crippen molar-refractivity contribution in [3.8, 4) is 0 Å². The fraction of sp³-hybridized carbons (Fsp3) is 0.917. The molecule has 0 saturated carbocycles. The van der Waals surface area contributed by atoms with Crippen LogP contribution in [0, 0.1) is 0 Å². The van der Waals surface area contributed by atoms with Gasteiger partial charge in [-0.2, -0.15) is 11.8 Å². The molecule has 3 nitrogen and oxygen atoms in total. The van der Waals surface area contributed by atoms with Gasteiger partial charge in [-0.3, -0.25) is 10.1 Å². The normalized spacial score (nSPS) is 15.1. The van der Waals surface area contributed by atoms with Crippen LogP contribution in [0.5, 0.6) is 0 Å². The Balaban J connectivity index is 3.98. The first-order valence-corrected chi connectivity index (χ1v) is 7.16. The molecule has 4 heteroatoms. The molecule has 96 valence electrons. The van der Waals surface area contributed by atoms with Crippen molar-refractivity contribution in [1.29, 1.82) is 0 Å². The molecule has 0 saturated heterocycles. The number of unbranched alkanes of at least 4 members (excludes halogenated alkanes) is 1. The minimum absolute atomic E-state index is 0.200. The summed E-state index contributed by atoms with van der Waals surface area (Å²) in [5.74, 6) is 1.53. The Morgan fingerprint density at radius 1 is 1.44 bits per heavy atom. The first-order valence-electron chi connectivity index (χ1n) is 6.01.